The lowest BCUT2D eigenvalue weighted by atomic mass is 9.93. The number of hydrogen-bond donors (Lipinski definition) is 0. The second-order valence-corrected chi connectivity index (χ2v) is 11.2. The van der Waals surface area contributed by atoms with Gasteiger partial charge in [0.15, 0.2) is 10.7 Å². The largest absolute Gasteiger partial charge is 0.497 e. The fraction of sp³-hybridized carbons (Fsp3) is 0.281. The number of methoxy groups -OCH3 is 1. The number of rotatable bonds is 7. The predicted octanol–water partition coefficient (Wildman–Crippen LogP) is 3.29. The number of hydrogen-bond acceptors (Lipinski definition) is 9. The summed E-state index contributed by atoms with van der Waals surface area (Å²) >= 11 is 1.27. The van der Waals surface area contributed by atoms with Gasteiger partial charge in [0.1, 0.15) is 11.5 Å². The Kier molecular flexibility index (Phi) is 7.82. The molecule has 0 unspecified atom stereocenters. The minimum Gasteiger partial charge on any atom is -0.497 e. The number of thiazole rings is 1. The highest BCUT2D eigenvalue weighted by molar-refractivity contribution is 7.07. The van der Waals surface area contributed by atoms with E-state index in [9.17, 15) is 9.59 Å². The fourth-order valence-corrected chi connectivity index (χ4v) is 6.27. The van der Waals surface area contributed by atoms with Crippen molar-refractivity contribution in [2.24, 2.45) is 4.99 Å². The molecule has 4 aromatic rings. The average Bonchev–Trinajstić information content (AvgIpc) is 3.61. The smallest absolute Gasteiger partial charge is 0.338 e. The lowest BCUT2D eigenvalue weighted by Crippen LogP contribution is -2.44. The van der Waals surface area contributed by atoms with E-state index in [1.165, 1.54) is 11.3 Å². The number of anilines is 1. The topological polar surface area (TPSA) is 89.5 Å². The molecule has 0 aliphatic carbocycles. The Morgan fingerprint density at radius 2 is 1.79 bits per heavy atom. The van der Waals surface area contributed by atoms with E-state index in [2.05, 4.69) is 16.8 Å². The Bertz CT molecular complexity index is 1800. The molecular weight excluding hydrogens is 552 g/mol. The molecule has 2 aliphatic heterocycles. The van der Waals surface area contributed by atoms with Gasteiger partial charge >= 0.3 is 5.97 Å². The van der Waals surface area contributed by atoms with E-state index in [0.29, 0.717) is 32.1 Å². The number of nitrogens with zero attached hydrogens (tertiary/aromatic N) is 4. The van der Waals surface area contributed by atoms with Crippen LogP contribution in [0.2, 0.25) is 0 Å². The van der Waals surface area contributed by atoms with Gasteiger partial charge in [-0.15, -0.1) is 0 Å². The predicted molar refractivity (Wildman–Crippen MR) is 162 cm³/mol. The van der Waals surface area contributed by atoms with Crippen molar-refractivity contribution >= 4 is 35.0 Å². The number of carbonyl (C=O) groups excluding carboxylic acids is 1. The first kappa shape index (κ1) is 27.7. The van der Waals surface area contributed by atoms with Gasteiger partial charge in [0.2, 0.25) is 0 Å². The monoisotopic (exact) mass is 584 g/mol. The standard InChI is InChI=1S/C32H32N4O5S/c1-4-40-31(38)27-28(21-8-6-5-7-9-21)33-32-36(29(27)22-10-12-23(39-3)13-11-22)30(37)25(42-32)20-24-14-15-26(41-24)35-18-16-34(2)17-19-35/h5-15,20,29H,4,16-19H2,1-3H3/t29-/m0/s1. The molecule has 1 fully saturated rings. The molecule has 10 heteroatoms. The molecule has 9 nitrogen and oxygen atoms in total. The summed E-state index contributed by atoms with van der Waals surface area (Å²) in [5, 5.41) is 0. The van der Waals surface area contributed by atoms with Crippen molar-refractivity contribution < 1.29 is 18.7 Å². The lowest BCUT2D eigenvalue weighted by Gasteiger charge is -2.32. The maximum Gasteiger partial charge on any atom is 0.338 e. The number of furan rings is 1. The number of esters is 1. The quantitative estimate of drug-likeness (QED) is 0.308. The number of likely N-dealkylation sites (N-methyl/N-ethyl adjacent to an activating group) is 1. The normalized spacial score (nSPS) is 17.6. The molecule has 2 aromatic heterocycles. The van der Waals surface area contributed by atoms with Crippen LogP contribution in [-0.2, 0) is 9.53 Å². The second-order valence-electron chi connectivity index (χ2n) is 10.2. The summed E-state index contributed by atoms with van der Waals surface area (Å²) < 4.78 is 19.1. The molecule has 0 spiro atoms. The van der Waals surface area contributed by atoms with Crippen molar-refractivity contribution in [2.75, 3.05) is 51.8 Å². The molecule has 4 heterocycles. The van der Waals surface area contributed by atoms with E-state index in [-0.39, 0.29) is 12.2 Å². The minimum absolute atomic E-state index is 0.193. The number of carbonyl (C=O) groups is 1. The zero-order valence-corrected chi connectivity index (χ0v) is 24.6. The van der Waals surface area contributed by atoms with Gasteiger partial charge in [-0.3, -0.25) is 9.36 Å². The first-order chi connectivity index (χ1) is 20.5. The van der Waals surface area contributed by atoms with Gasteiger partial charge < -0.3 is 23.7 Å². The van der Waals surface area contributed by atoms with Crippen LogP contribution in [0, 0.1) is 0 Å². The van der Waals surface area contributed by atoms with E-state index in [0.717, 1.165) is 43.2 Å². The number of ether oxygens (including phenoxy) is 2. The molecule has 2 aromatic carbocycles. The molecule has 42 heavy (non-hydrogen) atoms. The van der Waals surface area contributed by atoms with Crippen LogP contribution < -0.4 is 24.5 Å². The first-order valence-electron chi connectivity index (χ1n) is 13.9. The average molecular weight is 585 g/mol. The van der Waals surface area contributed by atoms with E-state index < -0.39 is 12.0 Å². The molecule has 0 N–H and O–H groups in total. The molecule has 6 rings (SSSR count). The van der Waals surface area contributed by atoms with Crippen molar-refractivity contribution in [1.29, 1.82) is 0 Å². The number of piperazine rings is 1. The van der Waals surface area contributed by atoms with Crippen LogP contribution in [0.4, 0.5) is 5.88 Å². The van der Waals surface area contributed by atoms with Crippen LogP contribution in [0.25, 0.3) is 11.8 Å². The summed E-state index contributed by atoms with van der Waals surface area (Å²) in [5.74, 6) is 1.53. The van der Waals surface area contributed by atoms with Crippen molar-refractivity contribution in [1.82, 2.24) is 9.47 Å². The molecular formula is C32H32N4O5S. The van der Waals surface area contributed by atoms with E-state index >= 15 is 0 Å². The van der Waals surface area contributed by atoms with E-state index in [4.69, 9.17) is 18.9 Å². The second kappa shape index (κ2) is 11.8. The van der Waals surface area contributed by atoms with Crippen molar-refractivity contribution in [2.45, 2.75) is 13.0 Å². The molecule has 2 aliphatic rings. The molecule has 216 valence electrons. The van der Waals surface area contributed by atoms with Crippen LogP contribution >= 0.6 is 11.3 Å². The minimum atomic E-state index is -0.749. The Morgan fingerprint density at radius 1 is 1.05 bits per heavy atom. The summed E-state index contributed by atoms with van der Waals surface area (Å²) in [6, 6.07) is 19.9. The van der Waals surface area contributed by atoms with Crippen molar-refractivity contribution in [3.8, 4) is 5.75 Å². The van der Waals surface area contributed by atoms with E-state index in [1.54, 1.807) is 24.7 Å². The van der Waals surface area contributed by atoms with Gasteiger partial charge in [-0.1, -0.05) is 53.8 Å². The fourth-order valence-electron chi connectivity index (χ4n) is 5.29. The van der Waals surface area contributed by atoms with Crippen LogP contribution in [0.1, 0.15) is 29.9 Å². The van der Waals surface area contributed by atoms with Crippen LogP contribution in [0.5, 0.6) is 5.75 Å². The van der Waals surface area contributed by atoms with Gasteiger partial charge in [0.05, 0.1) is 35.6 Å². The highest BCUT2D eigenvalue weighted by Crippen LogP contribution is 2.35. The molecule has 0 radical (unpaired) electrons. The van der Waals surface area contributed by atoms with Crippen LogP contribution in [-0.4, -0.2) is 62.4 Å². The SMILES string of the molecule is CCOC(=O)C1=C(c2ccccc2)N=c2sc(=Cc3ccc(N4CCN(C)CC4)o3)c(=O)n2[C@H]1c1ccc(OC)cc1. The van der Waals surface area contributed by atoms with Crippen LogP contribution in [0.15, 0.2) is 86.5 Å². The molecule has 0 bridgehead atoms. The van der Waals surface area contributed by atoms with Crippen molar-refractivity contribution in [3.05, 3.63) is 109 Å². The third kappa shape index (κ3) is 5.31. The third-order valence-electron chi connectivity index (χ3n) is 7.51. The highest BCUT2D eigenvalue weighted by Gasteiger charge is 2.35. The summed E-state index contributed by atoms with van der Waals surface area (Å²) in [4.78, 5) is 37.5. The Morgan fingerprint density at radius 3 is 2.48 bits per heavy atom. The Labute approximate surface area is 247 Å². The van der Waals surface area contributed by atoms with Gasteiger partial charge in [-0.05, 0) is 37.7 Å². The summed E-state index contributed by atoms with van der Waals surface area (Å²) in [7, 11) is 3.71. The zero-order chi connectivity index (χ0) is 29.2. The van der Waals surface area contributed by atoms with Crippen molar-refractivity contribution in [3.63, 3.8) is 0 Å². The Balaban J connectivity index is 1.51. The van der Waals surface area contributed by atoms with Gasteiger partial charge in [-0.2, -0.15) is 0 Å². The summed E-state index contributed by atoms with van der Waals surface area (Å²) in [5.41, 5.74) is 2.04. The highest BCUT2D eigenvalue weighted by atomic mass is 32.1. The van der Waals surface area contributed by atoms with Gasteiger partial charge in [0.25, 0.3) is 5.56 Å². The first-order valence-corrected chi connectivity index (χ1v) is 14.7. The van der Waals surface area contributed by atoms with E-state index in [1.807, 2.05) is 66.7 Å². The zero-order valence-electron chi connectivity index (χ0n) is 23.8. The number of benzene rings is 2. The third-order valence-corrected chi connectivity index (χ3v) is 8.49. The molecule has 1 atom stereocenters. The maximum atomic E-state index is 14.1. The lowest BCUT2D eigenvalue weighted by molar-refractivity contribution is -0.138. The summed E-state index contributed by atoms with van der Waals surface area (Å²) in [6.07, 6.45) is 1.75. The van der Waals surface area contributed by atoms with Crippen LogP contribution in [0.3, 0.4) is 0 Å². The van der Waals surface area contributed by atoms with Gasteiger partial charge in [-0.25, -0.2) is 9.79 Å². The number of fused-ring (bicyclic) bond motifs is 1. The summed E-state index contributed by atoms with van der Waals surface area (Å²) in [6.45, 7) is 5.65. The Hall–Kier alpha value is -4.41. The van der Waals surface area contributed by atoms with Gasteiger partial charge in [0, 0.05) is 43.9 Å². The molecule has 0 saturated carbocycles. The maximum absolute atomic E-state index is 14.1. The molecule has 1 saturated heterocycles. The number of aromatic nitrogens is 1. The molecule has 0 amide bonds.